The molecule has 21 heavy (non-hydrogen) atoms. The SMILES string of the molecule is Cc1cn(C2CC(O)C(CN(O)C(N)=O)O2)c(=O)[nH]c1=O. The third-order valence-electron chi connectivity index (χ3n) is 3.27. The first-order valence-corrected chi connectivity index (χ1v) is 6.21. The zero-order valence-corrected chi connectivity index (χ0v) is 11.2. The Morgan fingerprint density at radius 3 is 2.90 bits per heavy atom. The molecular weight excluding hydrogens is 284 g/mol. The molecule has 10 nitrogen and oxygen atoms in total. The lowest BCUT2D eigenvalue weighted by molar-refractivity contribution is -0.101. The van der Waals surface area contributed by atoms with Crippen molar-refractivity contribution in [1.82, 2.24) is 14.6 Å². The molecule has 3 atom stereocenters. The van der Waals surface area contributed by atoms with Gasteiger partial charge in [0, 0.05) is 18.2 Å². The average Bonchev–Trinajstić information content (AvgIpc) is 2.75. The second kappa shape index (κ2) is 5.68. The largest absolute Gasteiger partial charge is 0.390 e. The van der Waals surface area contributed by atoms with E-state index in [1.54, 1.807) is 0 Å². The molecule has 0 radical (unpaired) electrons. The van der Waals surface area contributed by atoms with E-state index in [0.29, 0.717) is 5.56 Å². The van der Waals surface area contributed by atoms with Gasteiger partial charge in [-0.05, 0) is 6.92 Å². The van der Waals surface area contributed by atoms with Crippen LogP contribution in [0.2, 0.25) is 0 Å². The summed E-state index contributed by atoms with van der Waals surface area (Å²) in [6.45, 7) is 1.20. The van der Waals surface area contributed by atoms with Crippen molar-refractivity contribution in [3.8, 4) is 0 Å². The second-order valence-corrected chi connectivity index (χ2v) is 4.83. The molecule has 1 saturated heterocycles. The van der Waals surface area contributed by atoms with Crippen LogP contribution >= 0.6 is 0 Å². The van der Waals surface area contributed by atoms with Crippen LogP contribution in [0, 0.1) is 6.92 Å². The van der Waals surface area contributed by atoms with Crippen molar-refractivity contribution in [3.63, 3.8) is 0 Å². The topological polar surface area (TPSA) is 151 Å². The normalized spacial score (nSPS) is 25.0. The van der Waals surface area contributed by atoms with E-state index in [0.717, 1.165) is 4.57 Å². The zero-order chi connectivity index (χ0) is 15.7. The fraction of sp³-hybridized carbons (Fsp3) is 0.545. The number of hydroxylamine groups is 2. The van der Waals surface area contributed by atoms with Crippen LogP contribution in [-0.4, -0.2) is 49.7 Å². The Balaban J connectivity index is 2.18. The smallest absolute Gasteiger partial charge is 0.338 e. The molecule has 0 bridgehead atoms. The molecule has 2 amide bonds. The highest BCUT2D eigenvalue weighted by Gasteiger charge is 2.37. The molecular formula is C11H16N4O6. The average molecular weight is 300 g/mol. The summed E-state index contributed by atoms with van der Waals surface area (Å²) in [6, 6.07) is -1.08. The van der Waals surface area contributed by atoms with E-state index < -0.39 is 35.7 Å². The lowest BCUT2D eigenvalue weighted by Crippen LogP contribution is -2.41. The molecule has 116 valence electrons. The molecule has 2 heterocycles. The molecule has 2 rings (SSSR count). The summed E-state index contributed by atoms with van der Waals surface area (Å²) in [6.07, 6.45) is -1.31. The number of aromatic amines is 1. The summed E-state index contributed by atoms with van der Waals surface area (Å²) in [5.74, 6) is 0. The van der Waals surface area contributed by atoms with E-state index in [-0.39, 0.29) is 18.0 Å². The van der Waals surface area contributed by atoms with Gasteiger partial charge in [-0.3, -0.25) is 19.6 Å². The molecule has 1 aliphatic heterocycles. The van der Waals surface area contributed by atoms with Crippen molar-refractivity contribution in [2.75, 3.05) is 6.54 Å². The number of H-pyrrole nitrogens is 1. The maximum absolute atomic E-state index is 11.7. The van der Waals surface area contributed by atoms with Gasteiger partial charge < -0.3 is 15.6 Å². The first-order valence-electron chi connectivity index (χ1n) is 6.21. The Hall–Kier alpha value is -2.17. The number of aromatic nitrogens is 2. The molecule has 0 aromatic carbocycles. The van der Waals surface area contributed by atoms with E-state index >= 15 is 0 Å². The molecule has 10 heteroatoms. The zero-order valence-electron chi connectivity index (χ0n) is 11.2. The number of primary amides is 1. The minimum Gasteiger partial charge on any atom is -0.390 e. The predicted molar refractivity (Wildman–Crippen MR) is 68.7 cm³/mol. The number of aliphatic hydroxyl groups is 1. The molecule has 1 aromatic heterocycles. The van der Waals surface area contributed by atoms with Gasteiger partial charge in [-0.2, -0.15) is 0 Å². The van der Waals surface area contributed by atoms with E-state index in [9.17, 15) is 24.7 Å². The molecule has 0 saturated carbocycles. The highest BCUT2D eigenvalue weighted by atomic mass is 16.6. The summed E-state index contributed by atoms with van der Waals surface area (Å²) >= 11 is 0. The minimum absolute atomic E-state index is 0.0721. The van der Waals surface area contributed by atoms with E-state index in [4.69, 9.17) is 10.5 Å². The van der Waals surface area contributed by atoms with Crippen molar-refractivity contribution in [2.45, 2.75) is 31.8 Å². The van der Waals surface area contributed by atoms with Gasteiger partial charge in [0.1, 0.15) is 12.3 Å². The summed E-state index contributed by atoms with van der Waals surface area (Å²) in [4.78, 5) is 35.9. The van der Waals surface area contributed by atoms with Gasteiger partial charge in [0.15, 0.2) is 0 Å². The summed E-state index contributed by atoms with van der Waals surface area (Å²) in [5.41, 5.74) is 4.02. The monoisotopic (exact) mass is 300 g/mol. The van der Waals surface area contributed by atoms with Gasteiger partial charge in [0.05, 0.1) is 12.6 Å². The Morgan fingerprint density at radius 2 is 2.29 bits per heavy atom. The number of ether oxygens (including phenoxy) is 1. The number of nitrogens with two attached hydrogens (primary N) is 1. The number of aryl methyl sites for hydroxylation is 1. The highest BCUT2D eigenvalue weighted by Crippen LogP contribution is 2.27. The second-order valence-electron chi connectivity index (χ2n) is 4.83. The van der Waals surface area contributed by atoms with Crippen molar-refractivity contribution < 1.29 is 19.8 Å². The van der Waals surface area contributed by atoms with Gasteiger partial charge in [0.2, 0.25) is 0 Å². The van der Waals surface area contributed by atoms with Crippen LogP contribution in [0.4, 0.5) is 4.79 Å². The summed E-state index contributed by atoms with van der Waals surface area (Å²) < 4.78 is 6.58. The van der Waals surface area contributed by atoms with Crippen LogP contribution in [0.25, 0.3) is 0 Å². The maximum atomic E-state index is 11.7. The number of rotatable bonds is 3. The number of hydrogen-bond acceptors (Lipinski definition) is 6. The third-order valence-corrected chi connectivity index (χ3v) is 3.27. The first-order chi connectivity index (χ1) is 9.79. The van der Waals surface area contributed by atoms with Gasteiger partial charge in [0.25, 0.3) is 5.56 Å². The van der Waals surface area contributed by atoms with Gasteiger partial charge in [-0.1, -0.05) is 0 Å². The van der Waals surface area contributed by atoms with Crippen molar-refractivity contribution >= 4 is 6.03 Å². The maximum Gasteiger partial charge on any atom is 0.338 e. The quantitative estimate of drug-likeness (QED) is 0.384. The molecule has 5 N–H and O–H groups in total. The van der Waals surface area contributed by atoms with E-state index in [1.165, 1.54) is 13.1 Å². The fourth-order valence-electron chi connectivity index (χ4n) is 2.11. The third kappa shape index (κ3) is 3.12. The van der Waals surface area contributed by atoms with Crippen molar-refractivity contribution in [3.05, 3.63) is 32.6 Å². The van der Waals surface area contributed by atoms with Crippen LogP contribution in [0.1, 0.15) is 18.2 Å². The van der Waals surface area contributed by atoms with Gasteiger partial charge in [-0.15, -0.1) is 0 Å². The number of amides is 2. The number of hydrogen-bond donors (Lipinski definition) is 4. The Labute approximate surface area is 118 Å². The lowest BCUT2D eigenvalue weighted by atomic mass is 10.2. The number of aliphatic hydroxyl groups excluding tert-OH is 1. The predicted octanol–water partition coefficient (Wildman–Crippen LogP) is -1.74. The van der Waals surface area contributed by atoms with Crippen LogP contribution in [-0.2, 0) is 4.74 Å². The number of carbonyl (C=O) groups excluding carboxylic acids is 1. The van der Waals surface area contributed by atoms with Gasteiger partial charge >= 0.3 is 11.7 Å². The van der Waals surface area contributed by atoms with Crippen molar-refractivity contribution in [1.29, 1.82) is 0 Å². The van der Waals surface area contributed by atoms with Crippen LogP contribution in [0.5, 0.6) is 0 Å². The van der Waals surface area contributed by atoms with Crippen LogP contribution in [0.15, 0.2) is 15.8 Å². The van der Waals surface area contributed by atoms with Crippen molar-refractivity contribution in [2.24, 2.45) is 5.73 Å². The molecule has 0 spiro atoms. The van der Waals surface area contributed by atoms with Crippen LogP contribution < -0.4 is 17.0 Å². The highest BCUT2D eigenvalue weighted by molar-refractivity contribution is 5.70. The molecule has 3 unspecified atom stereocenters. The van der Waals surface area contributed by atoms with E-state index in [1.807, 2.05) is 0 Å². The Bertz CT molecular complexity index is 653. The van der Waals surface area contributed by atoms with Crippen LogP contribution in [0.3, 0.4) is 0 Å². The van der Waals surface area contributed by atoms with Gasteiger partial charge in [-0.25, -0.2) is 14.7 Å². The Kier molecular flexibility index (Phi) is 4.11. The number of urea groups is 1. The van der Waals surface area contributed by atoms with E-state index in [2.05, 4.69) is 4.98 Å². The molecule has 1 fully saturated rings. The molecule has 1 aromatic rings. The lowest BCUT2D eigenvalue weighted by Gasteiger charge is -2.20. The standard InChI is InChI=1S/C11H16N4O6/c1-5-3-14(11(19)13-9(5)17)8-2-6(16)7(21-8)4-15(20)10(12)18/h3,6-8,16,20H,2,4H2,1H3,(H2,12,18)(H,13,17,19). The first kappa shape index (κ1) is 15.2. The minimum atomic E-state index is -1.08. The number of carbonyl (C=O) groups is 1. The fourth-order valence-corrected chi connectivity index (χ4v) is 2.11. The number of nitrogens with one attached hydrogen (secondary N) is 1. The number of nitrogens with zero attached hydrogens (tertiary/aromatic N) is 2. The Morgan fingerprint density at radius 1 is 1.62 bits per heavy atom. The summed E-state index contributed by atoms with van der Waals surface area (Å²) in [7, 11) is 0. The molecule has 1 aliphatic rings. The summed E-state index contributed by atoms with van der Waals surface area (Å²) in [5, 5.41) is 19.3. The molecule has 0 aliphatic carbocycles.